The van der Waals surface area contributed by atoms with Crippen LogP contribution >= 0.6 is 0 Å². The van der Waals surface area contributed by atoms with Gasteiger partial charge < -0.3 is 20.1 Å². The highest BCUT2D eigenvalue weighted by Gasteiger charge is 2.38. The molecule has 1 amide bonds. The fraction of sp³-hybridized carbons (Fsp3) is 0.867. The first-order chi connectivity index (χ1) is 10.3. The van der Waals surface area contributed by atoms with Gasteiger partial charge in [-0.25, -0.2) is 4.79 Å². The molecule has 22 heavy (non-hydrogen) atoms. The Morgan fingerprint density at radius 3 is 2.36 bits per heavy atom. The van der Waals surface area contributed by atoms with Crippen LogP contribution in [0.5, 0.6) is 0 Å². The lowest BCUT2D eigenvalue weighted by atomic mass is 9.93. The molecule has 2 N–H and O–H groups in total. The molecule has 0 spiro atoms. The summed E-state index contributed by atoms with van der Waals surface area (Å²) in [6.45, 7) is 9.80. The number of hydrogen-bond acceptors (Lipinski definition) is 5. The lowest BCUT2D eigenvalue weighted by Crippen LogP contribution is -2.58. The van der Waals surface area contributed by atoms with Crippen LogP contribution < -0.4 is 5.32 Å². The highest BCUT2D eigenvalue weighted by Crippen LogP contribution is 2.23. The minimum Gasteiger partial charge on any atom is -0.481 e. The average molecular weight is 313 g/mol. The van der Waals surface area contributed by atoms with Crippen LogP contribution in [0.3, 0.4) is 0 Å². The highest BCUT2D eigenvalue weighted by atomic mass is 16.6. The van der Waals surface area contributed by atoms with Gasteiger partial charge in [-0.05, 0) is 27.2 Å². The Labute approximate surface area is 131 Å². The minimum atomic E-state index is -0.839. The summed E-state index contributed by atoms with van der Waals surface area (Å²) in [6, 6.07) is 0.0875. The van der Waals surface area contributed by atoms with Gasteiger partial charge in [0.15, 0.2) is 0 Å². The molecule has 2 saturated heterocycles. The number of piperazine rings is 1. The third-order valence-corrected chi connectivity index (χ3v) is 4.10. The Balaban J connectivity index is 2.05. The van der Waals surface area contributed by atoms with Crippen molar-refractivity contribution < 1.29 is 19.4 Å². The SMILES string of the molecule is CC(C)(C)OC(=O)N1C[C@H](C(=O)O)C[C@@H](N2CCNCC2)C1. The first-order valence-corrected chi connectivity index (χ1v) is 7.92. The molecule has 2 rings (SSSR count). The highest BCUT2D eigenvalue weighted by molar-refractivity contribution is 5.73. The summed E-state index contributed by atoms with van der Waals surface area (Å²) in [5, 5.41) is 12.7. The third kappa shape index (κ3) is 4.58. The predicted molar refractivity (Wildman–Crippen MR) is 81.8 cm³/mol. The fourth-order valence-electron chi connectivity index (χ4n) is 3.04. The number of carbonyl (C=O) groups excluding carboxylic acids is 1. The van der Waals surface area contributed by atoms with Gasteiger partial charge in [-0.3, -0.25) is 9.69 Å². The molecule has 0 aliphatic carbocycles. The molecule has 7 nitrogen and oxygen atoms in total. The Kier molecular flexibility index (Phi) is 5.28. The topological polar surface area (TPSA) is 82.1 Å². The van der Waals surface area contributed by atoms with E-state index in [-0.39, 0.29) is 12.6 Å². The van der Waals surface area contributed by atoms with E-state index >= 15 is 0 Å². The van der Waals surface area contributed by atoms with Crippen LogP contribution in [0, 0.1) is 5.92 Å². The van der Waals surface area contributed by atoms with E-state index < -0.39 is 23.6 Å². The molecule has 2 atom stereocenters. The van der Waals surface area contributed by atoms with Crippen LogP contribution in [0.4, 0.5) is 4.79 Å². The van der Waals surface area contributed by atoms with Crippen molar-refractivity contribution in [1.29, 1.82) is 0 Å². The molecule has 0 radical (unpaired) electrons. The molecule has 0 aromatic rings. The monoisotopic (exact) mass is 313 g/mol. The molecule has 0 bridgehead atoms. The van der Waals surface area contributed by atoms with Crippen LogP contribution in [0.15, 0.2) is 0 Å². The largest absolute Gasteiger partial charge is 0.481 e. The lowest BCUT2D eigenvalue weighted by Gasteiger charge is -2.43. The number of likely N-dealkylation sites (tertiary alicyclic amines) is 1. The molecule has 0 saturated carbocycles. The number of carbonyl (C=O) groups is 2. The maximum Gasteiger partial charge on any atom is 0.410 e. The molecule has 0 aromatic heterocycles. The zero-order valence-electron chi connectivity index (χ0n) is 13.7. The van der Waals surface area contributed by atoms with Crippen molar-refractivity contribution in [1.82, 2.24) is 15.1 Å². The first-order valence-electron chi connectivity index (χ1n) is 7.92. The van der Waals surface area contributed by atoms with Gasteiger partial charge >= 0.3 is 12.1 Å². The molecule has 2 aliphatic heterocycles. The maximum absolute atomic E-state index is 12.3. The van der Waals surface area contributed by atoms with E-state index in [4.69, 9.17) is 4.74 Å². The normalized spacial score (nSPS) is 27.5. The van der Waals surface area contributed by atoms with Crippen molar-refractivity contribution in [3.8, 4) is 0 Å². The molecule has 2 fully saturated rings. The van der Waals surface area contributed by atoms with Crippen LogP contribution in [0.25, 0.3) is 0 Å². The Morgan fingerprint density at radius 2 is 1.82 bits per heavy atom. The Bertz CT molecular complexity index is 416. The van der Waals surface area contributed by atoms with Gasteiger partial charge in [-0.2, -0.15) is 0 Å². The van der Waals surface area contributed by atoms with Crippen molar-refractivity contribution in [2.45, 2.75) is 38.8 Å². The van der Waals surface area contributed by atoms with E-state index in [1.54, 1.807) is 4.90 Å². The number of amides is 1. The smallest absolute Gasteiger partial charge is 0.410 e. The van der Waals surface area contributed by atoms with Crippen LogP contribution in [-0.2, 0) is 9.53 Å². The zero-order valence-corrected chi connectivity index (χ0v) is 13.7. The number of rotatable bonds is 2. The van der Waals surface area contributed by atoms with E-state index in [0.29, 0.717) is 13.0 Å². The quantitative estimate of drug-likeness (QED) is 0.777. The summed E-state index contributed by atoms with van der Waals surface area (Å²) < 4.78 is 5.40. The lowest BCUT2D eigenvalue weighted by molar-refractivity contribution is -0.144. The van der Waals surface area contributed by atoms with Gasteiger partial charge in [0.2, 0.25) is 0 Å². The number of carboxylic acids is 1. The van der Waals surface area contributed by atoms with E-state index in [9.17, 15) is 14.7 Å². The second kappa shape index (κ2) is 6.83. The summed E-state index contributed by atoms with van der Waals surface area (Å²) >= 11 is 0. The average Bonchev–Trinajstić information content (AvgIpc) is 2.46. The van der Waals surface area contributed by atoms with Crippen molar-refractivity contribution in [3.63, 3.8) is 0 Å². The van der Waals surface area contributed by atoms with E-state index in [1.807, 2.05) is 20.8 Å². The second-order valence-electron chi connectivity index (χ2n) is 7.10. The van der Waals surface area contributed by atoms with Gasteiger partial charge in [0, 0.05) is 45.3 Å². The molecule has 7 heteroatoms. The van der Waals surface area contributed by atoms with Gasteiger partial charge in [0.25, 0.3) is 0 Å². The van der Waals surface area contributed by atoms with Crippen molar-refractivity contribution in [2.24, 2.45) is 5.92 Å². The van der Waals surface area contributed by atoms with Crippen LogP contribution in [0.1, 0.15) is 27.2 Å². The van der Waals surface area contributed by atoms with E-state index in [1.165, 1.54) is 0 Å². The standard InChI is InChI=1S/C15H27N3O4/c1-15(2,3)22-14(21)18-9-11(13(19)20)8-12(10-18)17-6-4-16-5-7-17/h11-12,16H,4-10H2,1-3H3,(H,19,20)/t11-,12-/m1/s1. The Morgan fingerprint density at radius 1 is 1.18 bits per heavy atom. The third-order valence-electron chi connectivity index (χ3n) is 4.10. The molecule has 0 unspecified atom stereocenters. The van der Waals surface area contributed by atoms with Gasteiger partial charge in [0.1, 0.15) is 5.60 Å². The Hall–Kier alpha value is -1.34. The molecular formula is C15H27N3O4. The summed E-state index contributed by atoms with van der Waals surface area (Å²) in [7, 11) is 0. The first kappa shape index (κ1) is 17.0. The fourth-order valence-corrected chi connectivity index (χ4v) is 3.04. The number of hydrogen-bond donors (Lipinski definition) is 2. The van der Waals surface area contributed by atoms with Crippen LogP contribution in [0.2, 0.25) is 0 Å². The molecule has 126 valence electrons. The van der Waals surface area contributed by atoms with Gasteiger partial charge in [-0.1, -0.05) is 0 Å². The summed E-state index contributed by atoms with van der Waals surface area (Å²) in [5.74, 6) is -1.37. The zero-order chi connectivity index (χ0) is 16.3. The predicted octanol–water partition coefficient (Wildman–Crippen LogP) is 0.602. The van der Waals surface area contributed by atoms with E-state index in [2.05, 4.69) is 10.2 Å². The molecule has 2 heterocycles. The van der Waals surface area contributed by atoms with Crippen molar-refractivity contribution in [2.75, 3.05) is 39.3 Å². The van der Waals surface area contributed by atoms with E-state index in [0.717, 1.165) is 26.2 Å². The number of carboxylic acid groups (broad SMARTS) is 1. The number of nitrogens with zero attached hydrogens (tertiary/aromatic N) is 2. The summed E-state index contributed by atoms with van der Waals surface area (Å²) in [5.41, 5.74) is -0.572. The molecular weight excluding hydrogens is 286 g/mol. The number of aliphatic carboxylic acids is 1. The maximum atomic E-state index is 12.3. The molecule has 0 aromatic carbocycles. The van der Waals surface area contributed by atoms with Gasteiger partial charge in [0.05, 0.1) is 5.92 Å². The number of nitrogens with one attached hydrogen (secondary N) is 1. The number of ether oxygens (including phenoxy) is 1. The second-order valence-corrected chi connectivity index (χ2v) is 7.10. The summed E-state index contributed by atoms with van der Waals surface area (Å²) in [6.07, 6.45) is 0.174. The summed E-state index contributed by atoms with van der Waals surface area (Å²) in [4.78, 5) is 27.6. The van der Waals surface area contributed by atoms with Gasteiger partial charge in [-0.15, -0.1) is 0 Å². The number of piperidine rings is 1. The minimum absolute atomic E-state index is 0.0875. The molecule has 2 aliphatic rings. The van der Waals surface area contributed by atoms with Crippen molar-refractivity contribution in [3.05, 3.63) is 0 Å². The van der Waals surface area contributed by atoms with Crippen LogP contribution in [-0.4, -0.2) is 77.9 Å². The van der Waals surface area contributed by atoms with Crippen molar-refractivity contribution >= 4 is 12.1 Å².